The van der Waals surface area contributed by atoms with E-state index < -0.39 is 25.1 Å². The Kier molecular flexibility index (Phi) is 6.29. The number of carbonyl (C=O) groups is 1. The Balaban J connectivity index is 1.77. The van der Waals surface area contributed by atoms with Gasteiger partial charge in [0.15, 0.2) is 6.10 Å². The molecule has 3 rings (SSSR count). The minimum Gasteiger partial charge on any atom is -0.464 e. The van der Waals surface area contributed by atoms with Crippen LogP contribution in [0.2, 0.25) is 0 Å². The summed E-state index contributed by atoms with van der Waals surface area (Å²) in [6, 6.07) is 16.6. The van der Waals surface area contributed by atoms with E-state index in [-0.39, 0.29) is 6.42 Å². The van der Waals surface area contributed by atoms with Crippen molar-refractivity contribution in [3.63, 3.8) is 0 Å². The van der Waals surface area contributed by atoms with Crippen LogP contribution in [-0.2, 0) is 16.0 Å². The molecule has 0 radical (unpaired) electrons. The Hall–Kier alpha value is -2.61. The molecule has 3 N–H and O–H groups in total. The van der Waals surface area contributed by atoms with Crippen LogP contribution in [0.4, 0.5) is 0 Å². The van der Waals surface area contributed by atoms with Gasteiger partial charge in [-0.15, -0.1) is 0 Å². The fourth-order valence-electron chi connectivity index (χ4n) is 3.03. The van der Waals surface area contributed by atoms with Crippen molar-refractivity contribution in [1.82, 2.24) is 5.32 Å². The number of carbonyl (C=O) groups excluding carboxylic acids is 1. The third kappa shape index (κ3) is 4.57. The molecule has 27 heavy (non-hydrogen) atoms. The molecule has 0 aliphatic rings. The van der Waals surface area contributed by atoms with E-state index in [1.165, 1.54) is 0 Å². The molecule has 0 fully saturated rings. The molecule has 1 heterocycles. The van der Waals surface area contributed by atoms with Crippen LogP contribution < -0.4 is 5.32 Å². The first-order valence-corrected chi connectivity index (χ1v) is 8.88. The summed E-state index contributed by atoms with van der Waals surface area (Å²) >= 11 is 0. The fraction of sp³-hybridized carbons (Fsp3) is 0.250. The molecule has 0 saturated heterocycles. The van der Waals surface area contributed by atoms with Crippen molar-refractivity contribution in [2.45, 2.75) is 25.4 Å². The molecule has 1 aromatic heterocycles. The quantitative estimate of drug-likeness (QED) is 0.531. The van der Waals surface area contributed by atoms with Crippen LogP contribution in [0, 0.1) is 0 Å². The van der Waals surface area contributed by atoms with Crippen molar-refractivity contribution in [2.24, 2.45) is 0 Å². The molecule has 2 atom stereocenters. The van der Waals surface area contributed by atoms with Gasteiger partial charge in [-0.05, 0) is 30.5 Å². The zero-order chi connectivity index (χ0) is 19.2. The molecule has 140 valence electrons. The topological polar surface area (TPSA) is 91.9 Å². The molecule has 1 amide bonds. The van der Waals surface area contributed by atoms with Gasteiger partial charge in [0.1, 0.15) is 5.58 Å². The smallest absolute Gasteiger partial charge is 0.464 e. The lowest BCUT2D eigenvalue weighted by Crippen LogP contribution is -2.49. The molecular weight excluding hydrogens is 345 g/mol. The van der Waals surface area contributed by atoms with Gasteiger partial charge in [-0.3, -0.25) is 4.79 Å². The monoisotopic (exact) mass is 367 g/mol. The number of nitrogens with one attached hydrogen (secondary N) is 1. The summed E-state index contributed by atoms with van der Waals surface area (Å²) in [5.74, 6) is -1.32. The highest BCUT2D eigenvalue weighted by Crippen LogP contribution is 2.23. The molecule has 7 heteroatoms. The number of hydrogen-bond donors (Lipinski definition) is 3. The lowest BCUT2D eigenvalue weighted by Gasteiger charge is -2.22. The van der Waals surface area contributed by atoms with Crippen molar-refractivity contribution < 1.29 is 24.0 Å². The molecular formula is C20H22BNO5. The van der Waals surface area contributed by atoms with Crippen LogP contribution in [0.15, 0.2) is 65.3 Å². The lowest BCUT2D eigenvalue weighted by molar-refractivity contribution is -0.133. The van der Waals surface area contributed by atoms with Gasteiger partial charge in [-0.1, -0.05) is 48.5 Å². The summed E-state index contributed by atoms with van der Waals surface area (Å²) in [6.07, 6.45) is 0.968. The van der Waals surface area contributed by atoms with E-state index in [0.29, 0.717) is 17.8 Å². The van der Waals surface area contributed by atoms with E-state index in [2.05, 4.69) is 5.32 Å². The van der Waals surface area contributed by atoms with E-state index in [9.17, 15) is 14.8 Å². The van der Waals surface area contributed by atoms with Gasteiger partial charge in [-0.25, -0.2) is 0 Å². The first kappa shape index (κ1) is 19.2. The Bertz CT molecular complexity index is 880. The summed E-state index contributed by atoms with van der Waals surface area (Å²) < 4.78 is 11.1. The van der Waals surface area contributed by atoms with Gasteiger partial charge in [0.2, 0.25) is 0 Å². The second-order valence-electron chi connectivity index (χ2n) is 6.24. The first-order chi connectivity index (χ1) is 13.1. The number of ether oxygens (including phenoxy) is 1. The van der Waals surface area contributed by atoms with E-state index in [1.807, 2.05) is 42.5 Å². The molecule has 0 saturated carbocycles. The maximum Gasteiger partial charge on any atom is 0.475 e. The third-order valence-electron chi connectivity index (χ3n) is 4.36. The molecule has 6 nitrogen and oxygen atoms in total. The summed E-state index contributed by atoms with van der Waals surface area (Å²) in [7, 11) is -1.72. The Morgan fingerprint density at radius 2 is 1.85 bits per heavy atom. The number of amides is 1. The SMILES string of the molecule is CCOC(C(=O)NC(Cc1coc2ccccc12)B(O)O)c1ccccc1. The van der Waals surface area contributed by atoms with Crippen LogP contribution in [0.1, 0.15) is 24.2 Å². The van der Waals surface area contributed by atoms with Crippen molar-refractivity contribution in [3.8, 4) is 0 Å². The second-order valence-corrected chi connectivity index (χ2v) is 6.24. The van der Waals surface area contributed by atoms with E-state index in [4.69, 9.17) is 9.15 Å². The molecule has 0 aliphatic carbocycles. The molecule has 3 aromatic rings. The number of furan rings is 1. The summed E-state index contributed by atoms with van der Waals surface area (Å²) in [4.78, 5) is 12.8. The van der Waals surface area contributed by atoms with Gasteiger partial charge in [-0.2, -0.15) is 0 Å². The predicted molar refractivity (Wildman–Crippen MR) is 103 cm³/mol. The number of benzene rings is 2. The minimum absolute atomic E-state index is 0.216. The number of para-hydroxylation sites is 1. The fourth-order valence-corrected chi connectivity index (χ4v) is 3.03. The summed E-state index contributed by atoms with van der Waals surface area (Å²) in [6.45, 7) is 2.16. The number of rotatable bonds is 8. The molecule has 0 aliphatic heterocycles. The second kappa shape index (κ2) is 8.86. The minimum atomic E-state index is -1.72. The zero-order valence-corrected chi connectivity index (χ0v) is 15.0. The highest BCUT2D eigenvalue weighted by molar-refractivity contribution is 6.43. The molecule has 2 unspecified atom stereocenters. The molecule has 0 bridgehead atoms. The van der Waals surface area contributed by atoms with Crippen LogP contribution >= 0.6 is 0 Å². The average Bonchev–Trinajstić information content (AvgIpc) is 3.09. The molecule has 0 spiro atoms. The van der Waals surface area contributed by atoms with Crippen molar-refractivity contribution >= 4 is 24.0 Å². The highest BCUT2D eigenvalue weighted by Gasteiger charge is 2.30. The highest BCUT2D eigenvalue weighted by atomic mass is 16.5. The maximum atomic E-state index is 12.8. The number of fused-ring (bicyclic) bond motifs is 1. The standard InChI is InChI=1S/C20H22BNO5/c1-2-26-19(14-8-4-3-5-9-14)20(23)22-18(21(24)25)12-15-13-27-17-11-7-6-10-16(15)17/h3-11,13,18-19,24-25H,2,12H2,1H3,(H,22,23). The molecule has 2 aromatic carbocycles. The summed E-state index contributed by atoms with van der Waals surface area (Å²) in [5.41, 5.74) is 2.20. The Labute approximate surface area is 157 Å². The Morgan fingerprint density at radius 3 is 2.56 bits per heavy atom. The van der Waals surface area contributed by atoms with Gasteiger partial charge in [0.05, 0.1) is 12.2 Å². The maximum absolute atomic E-state index is 12.8. The van der Waals surface area contributed by atoms with Gasteiger partial charge in [0, 0.05) is 12.0 Å². The predicted octanol–water partition coefficient (Wildman–Crippen LogP) is 2.25. The average molecular weight is 367 g/mol. The van der Waals surface area contributed by atoms with Gasteiger partial charge < -0.3 is 24.5 Å². The van der Waals surface area contributed by atoms with E-state index in [1.54, 1.807) is 25.3 Å². The van der Waals surface area contributed by atoms with Crippen LogP contribution in [-0.4, -0.2) is 35.6 Å². The van der Waals surface area contributed by atoms with Crippen molar-refractivity contribution in [1.29, 1.82) is 0 Å². The van der Waals surface area contributed by atoms with Crippen LogP contribution in [0.3, 0.4) is 0 Å². The Morgan fingerprint density at radius 1 is 1.15 bits per heavy atom. The van der Waals surface area contributed by atoms with Crippen LogP contribution in [0.5, 0.6) is 0 Å². The first-order valence-electron chi connectivity index (χ1n) is 8.88. The zero-order valence-electron chi connectivity index (χ0n) is 15.0. The van der Waals surface area contributed by atoms with E-state index in [0.717, 1.165) is 10.9 Å². The van der Waals surface area contributed by atoms with Crippen molar-refractivity contribution in [2.75, 3.05) is 6.61 Å². The van der Waals surface area contributed by atoms with Gasteiger partial charge >= 0.3 is 7.12 Å². The largest absolute Gasteiger partial charge is 0.475 e. The van der Waals surface area contributed by atoms with Gasteiger partial charge in [0.25, 0.3) is 5.91 Å². The van der Waals surface area contributed by atoms with E-state index >= 15 is 0 Å². The van der Waals surface area contributed by atoms with Crippen molar-refractivity contribution in [3.05, 3.63) is 72.0 Å². The lowest BCUT2D eigenvalue weighted by atomic mass is 9.75. The van der Waals surface area contributed by atoms with Crippen LogP contribution in [0.25, 0.3) is 11.0 Å². The number of hydrogen-bond acceptors (Lipinski definition) is 5. The third-order valence-corrected chi connectivity index (χ3v) is 4.36. The normalized spacial score (nSPS) is 13.3. The summed E-state index contributed by atoms with van der Waals surface area (Å²) in [5, 5.41) is 23.1.